The standard InChI is InChI=1S/C12H14N4O2.ClH/c17-12(18)9-5-11-14-7-15-16(11)6-10(9)8-1-3-13-4-2-8;/h5-8,13H,1-4H2,(H,17,18);1H. The summed E-state index contributed by atoms with van der Waals surface area (Å²) in [4.78, 5) is 15.4. The maximum atomic E-state index is 11.4. The molecule has 2 aromatic heterocycles. The number of nitrogens with one attached hydrogen (secondary N) is 1. The number of nitrogens with zero attached hydrogens (tertiary/aromatic N) is 3. The van der Waals surface area contributed by atoms with Crippen molar-refractivity contribution in [1.29, 1.82) is 0 Å². The van der Waals surface area contributed by atoms with Gasteiger partial charge in [0.1, 0.15) is 6.33 Å². The summed E-state index contributed by atoms with van der Waals surface area (Å²) in [7, 11) is 0. The predicted molar refractivity (Wildman–Crippen MR) is 72.0 cm³/mol. The zero-order chi connectivity index (χ0) is 12.5. The van der Waals surface area contributed by atoms with Crippen LogP contribution in [0.2, 0.25) is 0 Å². The van der Waals surface area contributed by atoms with Crippen LogP contribution in [0.25, 0.3) is 5.65 Å². The number of piperidine rings is 1. The van der Waals surface area contributed by atoms with Gasteiger partial charge in [0.2, 0.25) is 0 Å². The summed E-state index contributed by atoms with van der Waals surface area (Å²) in [5.41, 5.74) is 1.79. The molecule has 1 fully saturated rings. The van der Waals surface area contributed by atoms with E-state index in [4.69, 9.17) is 0 Å². The van der Waals surface area contributed by atoms with Crippen molar-refractivity contribution in [2.24, 2.45) is 0 Å². The fourth-order valence-electron chi connectivity index (χ4n) is 2.52. The van der Waals surface area contributed by atoms with Crippen LogP contribution in [-0.2, 0) is 0 Å². The summed E-state index contributed by atoms with van der Waals surface area (Å²) in [6, 6.07) is 1.60. The van der Waals surface area contributed by atoms with E-state index in [9.17, 15) is 9.90 Å². The van der Waals surface area contributed by atoms with Gasteiger partial charge in [-0.3, -0.25) is 0 Å². The van der Waals surface area contributed by atoms with Crippen molar-refractivity contribution < 1.29 is 9.90 Å². The Labute approximate surface area is 116 Å². The highest BCUT2D eigenvalue weighted by molar-refractivity contribution is 5.90. The Balaban J connectivity index is 0.00000133. The van der Waals surface area contributed by atoms with Gasteiger partial charge in [-0.2, -0.15) is 5.10 Å². The number of carboxylic acid groups (broad SMARTS) is 1. The van der Waals surface area contributed by atoms with Crippen LogP contribution in [0.3, 0.4) is 0 Å². The van der Waals surface area contributed by atoms with Gasteiger partial charge in [-0.1, -0.05) is 0 Å². The van der Waals surface area contributed by atoms with Crippen molar-refractivity contribution in [3.63, 3.8) is 0 Å². The Kier molecular flexibility index (Phi) is 4.01. The average molecular weight is 283 g/mol. The SMILES string of the molecule is Cl.O=C(O)c1cc2ncnn2cc1C1CCNCC1. The lowest BCUT2D eigenvalue weighted by Crippen LogP contribution is -2.27. The molecule has 0 aliphatic carbocycles. The summed E-state index contributed by atoms with van der Waals surface area (Å²) < 4.78 is 1.64. The first-order chi connectivity index (χ1) is 8.75. The summed E-state index contributed by atoms with van der Waals surface area (Å²) in [6.45, 7) is 1.86. The smallest absolute Gasteiger partial charge is 0.336 e. The van der Waals surface area contributed by atoms with Gasteiger partial charge in [-0.25, -0.2) is 14.3 Å². The quantitative estimate of drug-likeness (QED) is 0.868. The average Bonchev–Trinajstić information content (AvgIpc) is 2.85. The first-order valence-corrected chi connectivity index (χ1v) is 6.03. The molecule has 3 heterocycles. The van der Waals surface area contributed by atoms with Crippen LogP contribution in [0.15, 0.2) is 18.6 Å². The van der Waals surface area contributed by atoms with Crippen molar-refractivity contribution in [2.75, 3.05) is 13.1 Å². The second kappa shape index (κ2) is 5.54. The molecule has 0 atom stereocenters. The molecule has 3 rings (SSSR count). The first-order valence-electron chi connectivity index (χ1n) is 6.03. The van der Waals surface area contributed by atoms with Gasteiger partial charge in [0.05, 0.1) is 5.56 Å². The third-order valence-corrected chi connectivity index (χ3v) is 3.46. The van der Waals surface area contributed by atoms with Crippen molar-refractivity contribution >= 4 is 24.0 Å². The normalized spacial score (nSPS) is 16.2. The molecule has 7 heteroatoms. The molecule has 0 radical (unpaired) electrons. The topological polar surface area (TPSA) is 79.5 Å². The fraction of sp³-hybridized carbons (Fsp3) is 0.417. The minimum Gasteiger partial charge on any atom is -0.478 e. The van der Waals surface area contributed by atoms with E-state index in [2.05, 4.69) is 15.4 Å². The number of aromatic carboxylic acids is 1. The number of carbonyl (C=O) groups is 1. The minimum atomic E-state index is -0.894. The Morgan fingerprint density at radius 3 is 2.84 bits per heavy atom. The van der Waals surface area contributed by atoms with E-state index in [1.165, 1.54) is 6.33 Å². The molecule has 0 aromatic carbocycles. The summed E-state index contributed by atoms with van der Waals surface area (Å²) in [5.74, 6) is -0.611. The second-order valence-electron chi connectivity index (χ2n) is 4.53. The fourth-order valence-corrected chi connectivity index (χ4v) is 2.52. The number of hydrogen-bond acceptors (Lipinski definition) is 4. The molecule has 0 saturated carbocycles. The van der Waals surface area contributed by atoms with Gasteiger partial charge in [0.15, 0.2) is 5.65 Å². The maximum Gasteiger partial charge on any atom is 0.336 e. The van der Waals surface area contributed by atoms with Crippen LogP contribution in [0.4, 0.5) is 0 Å². The number of carboxylic acids is 1. The Morgan fingerprint density at radius 1 is 1.42 bits per heavy atom. The van der Waals surface area contributed by atoms with E-state index in [0.29, 0.717) is 11.2 Å². The molecule has 0 spiro atoms. The summed E-state index contributed by atoms with van der Waals surface area (Å²) in [5, 5.41) is 16.7. The predicted octanol–water partition coefficient (Wildman–Crippen LogP) is 1.32. The molecule has 0 unspecified atom stereocenters. The van der Waals surface area contributed by atoms with E-state index in [1.807, 2.05) is 6.20 Å². The van der Waals surface area contributed by atoms with Crippen molar-refractivity contribution in [3.8, 4) is 0 Å². The van der Waals surface area contributed by atoms with Gasteiger partial charge >= 0.3 is 5.97 Å². The highest BCUT2D eigenvalue weighted by Gasteiger charge is 2.22. The van der Waals surface area contributed by atoms with Crippen molar-refractivity contribution in [3.05, 3.63) is 29.7 Å². The van der Waals surface area contributed by atoms with Gasteiger partial charge in [-0.15, -0.1) is 12.4 Å². The lowest BCUT2D eigenvalue weighted by Gasteiger charge is -2.24. The third kappa shape index (κ3) is 2.54. The van der Waals surface area contributed by atoms with E-state index in [1.54, 1.807) is 10.6 Å². The highest BCUT2D eigenvalue weighted by Crippen LogP contribution is 2.28. The van der Waals surface area contributed by atoms with Crippen LogP contribution < -0.4 is 5.32 Å². The van der Waals surface area contributed by atoms with Crippen LogP contribution in [0, 0.1) is 0 Å². The molecule has 2 N–H and O–H groups in total. The van der Waals surface area contributed by atoms with Crippen LogP contribution in [0.5, 0.6) is 0 Å². The van der Waals surface area contributed by atoms with Crippen molar-refractivity contribution in [1.82, 2.24) is 19.9 Å². The molecular formula is C12H15ClN4O2. The Bertz CT molecular complexity index is 592. The molecule has 2 aromatic rings. The molecular weight excluding hydrogens is 268 g/mol. The molecule has 1 saturated heterocycles. The van der Waals surface area contributed by atoms with Crippen molar-refractivity contribution in [2.45, 2.75) is 18.8 Å². The third-order valence-electron chi connectivity index (χ3n) is 3.46. The number of halogens is 1. The summed E-state index contributed by atoms with van der Waals surface area (Å²) in [6.07, 6.45) is 5.16. The van der Waals surface area contributed by atoms with Crippen LogP contribution in [0.1, 0.15) is 34.7 Å². The number of pyridine rings is 1. The van der Waals surface area contributed by atoms with E-state index in [0.717, 1.165) is 31.5 Å². The monoisotopic (exact) mass is 282 g/mol. The molecule has 0 bridgehead atoms. The largest absolute Gasteiger partial charge is 0.478 e. The molecule has 6 nitrogen and oxygen atoms in total. The van der Waals surface area contributed by atoms with Gasteiger partial charge in [0, 0.05) is 6.20 Å². The lowest BCUT2D eigenvalue weighted by atomic mass is 9.88. The molecule has 102 valence electrons. The van der Waals surface area contributed by atoms with E-state index in [-0.39, 0.29) is 18.3 Å². The zero-order valence-corrected chi connectivity index (χ0v) is 11.1. The van der Waals surface area contributed by atoms with Gasteiger partial charge in [-0.05, 0) is 43.5 Å². The number of rotatable bonds is 2. The molecule has 1 aliphatic heterocycles. The Morgan fingerprint density at radius 2 is 2.16 bits per heavy atom. The molecule has 0 amide bonds. The molecule has 1 aliphatic rings. The van der Waals surface area contributed by atoms with Gasteiger partial charge < -0.3 is 10.4 Å². The number of aromatic nitrogens is 3. The maximum absolute atomic E-state index is 11.4. The van der Waals surface area contributed by atoms with E-state index < -0.39 is 5.97 Å². The number of fused-ring (bicyclic) bond motifs is 1. The highest BCUT2D eigenvalue weighted by atomic mass is 35.5. The summed E-state index contributed by atoms with van der Waals surface area (Å²) >= 11 is 0. The first kappa shape index (κ1) is 13.8. The van der Waals surface area contributed by atoms with E-state index >= 15 is 0 Å². The van der Waals surface area contributed by atoms with Crippen LogP contribution >= 0.6 is 12.4 Å². The second-order valence-corrected chi connectivity index (χ2v) is 4.53. The zero-order valence-electron chi connectivity index (χ0n) is 10.2. The number of hydrogen-bond donors (Lipinski definition) is 2. The van der Waals surface area contributed by atoms with Crippen LogP contribution in [-0.4, -0.2) is 38.8 Å². The molecule has 19 heavy (non-hydrogen) atoms. The van der Waals surface area contributed by atoms with Gasteiger partial charge in [0.25, 0.3) is 0 Å². The Hall–Kier alpha value is -1.66. The lowest BCUT2D eigenvalue weighted by molar-refractivity contribution is 0.0694. The minimum absolute atomic E-state index is 0.